The molecule has 0 aliphatic heterocycles. The molecule has 0 spiro atoms. The van der Waals surface area contributed by atoms with E-state index in [1.165, 1.54) is 5.56 Å². The number of benzene rings is 1. The molecule has 138 valence electrons. The summed E-state index contributed by atoms with van der Waals surface area (Å²) in [6, 6.07) is 10.6. The Hall–Kier alpha value is -0.860. The second-order valence-electron chi connectivity index (χ2n) is 5.66. The van der Waals surface area contributed by atoms with E-state index in [4.69, 9.17) is 4.74 Å². The standard InChI is InChI=1S/C18H32N4O.HI/c1-19-18(21-13-8-14-22(2)15-16-23-3)20-12-7-11-17-9-5-4-6-10-17;/h4-6,9-10H,7-8,11-16H2,1-3H3,(H2,19,20,21);1H. The molecule has 1 rings (SSSR count). The van der Waals surface area contributed by atoms with Gasteiger partial charge in [-0.3, -0.25) is 4.99 Å². The Kier molecular flexibility index (Phi) is 15.1. The number of methoxy groups -OCH3 is 1. The summed E-state index contributed by atoms with van der Waals surface area (Å²) in [4.78, 5) is 6.54. The summed E-state index contributed by atoms with van der Waals surface area (Å²) in [5.74, 6) is 0.887. The fourth-order valence-electron chi connectivity index (χ4n) is 2.28. The maximum absolute atomic E-state index is 5.07. The van der Waals surface area contributed by atoms with Gasteiger partial charge in [-0.15, -0.1) is 24.0 Å². The second-order valence-corrected chi connectivity index (χ2v) is 5.66. The first-order valence-corrected chi connectivity index (χ1v) is 8.42. The highest BCUT2D eigenvalue weighted by atomic mass is 127. The highest BCUT2D eigenvalue weighted by Gasteiger charge is 2.00. The molecule has 0 saturated carbocycles. The number of likely N-dealkylation sites (N-methyl/N-ethyl adjacent to an activating group) is 1. The van der Waals surface area contributed by atoms with Crippen LogP contribution in [0.3, 0.4) is 0 Å². The lowest BCUT2D eigenvalue weighted by Crippen LogP contribution is -2.39. The first kappa shape index (κ1) is 23.1. The topological polar surface area (TPSA) is 48.9 Å². The van der Waals surface area contributed by atoms with Gasteiger partial charge in [-0.25, -0.2) is 0 Å². The molecule has 0 atom stereocenters. The van der Waals surface area contributed by atoms with Crippen molar-refractivity contribution < 1.29 is 4.74 Å². The zero-order chi connectivity index (χ0) is 16.8. The smallest absolute Gasteiger partial charge is 0.190 e. The van der Waals surface area contributed by atoms with Crippen molar-refractivity contribution in [2.45, 2.75) is 19.3 Å². The summed E-state index contributed by atoms with van der Waals surface area (Å²) in [6.45, 7) is 4.68. The van der Waals surface area contributed by atoms with E-state index < -0.39 is 0 Å². The van der Waals surface area contributed by atoms with Gasteiger partial charge in [0, 0.05) is 33.8 Å². The summed E-state index contributed by atoms with van der Waals surface area (Å²) in [5.41, 5.74) is 1.39. The molecule has 5 nitrogen and oxygen atoms in total. The van der Waals surface area contributed by atoms with Gasteiger partial charge in [0.2, 0.25) is 0 Å². The number of aliphatic imine (C=N–C) groups is 1. The molecule has 6 heteroatoms. The highest BCUT2D eigenvalue weighted by Crippen LogP contribution is 2.01. The second kappa shape index (κ2) is 15.7. The minimum atomic E-state index is 0. The van der Waals surface area contributed by atoms with Gasteiger partial charge in [0.15, 0.2) is 5.96 Å². The molecule has 1 aromatic carbocycles. The van der Waals surface area contributed by atoms with Crippen molar-refractivity contribution in [2.75, 3.05) is 54.0 Å². The van der Waals surface area contributed by atoms with Gasteiger partial charge in [0.1, 0.15) is 0 Å². The monoisotopic (exact) mass is 448 g/mol. The third-order valence-electron chi connectivity index (χ3n) is 3.69. The molecule has 0 aromatic heterocycles. The molecule has 24 heavy (non-hydrogen) atoms. The van der Waals surface area contributed by atoms with Crippen LogP contribution >= 0.6 is 24.0 Å². The summed E-state index contributed by atoms with van der Waals surface area (Å²) < 4.78 is 5.07. The minimum absolute atomic E-state index is 0. The molecule has 0 bridgehead atoms. The number of nitrogens with one attached hydrogen (secondary N) is 2. The predicted molar refractivity (Wildman–Crippen MR) is 114 cm³/mol. The van der Waals surface area contributed by atoms with E-state index in [9.17, 15) is 0 Å². The Morgan fingerprint density at radius 1 is 1.08 bits per heavy atom. The maximum atomic E-state index is 5.07. The number of hydrogen-bond acceptors (Lipinski definition) is 3. The van der Waals surface area contributed by atoms with Gasteiger partial charge in [-0.2, -0.15) is 0 Å². The lowest BCUT2D eigenvalue weighted by atomic mass is 10.1. The van der Waals surface area contributed by atoms with Crippen LogP contribution in [0.1, 0.15) is 18.4 Å². The van der Waals surface area contributed by atoms with Crippen LogP contribution in [0, 0.1) is 0 Å². The summed E-state index contributed by atoms with van der Waals surface area (Å²) >= 11 is 0. The number of guanidine groups is 1. The molecule has 0 saturated heterocycles. The normalized spacial score (nSPS) is 11.2. The van der Waals surface area contributed by atoms with Crippen LogP contribution in [0.4, 0.5) is 0 Å². The number of hydrogen-bond donors (Lipinski definition) is 2. The number of halogens is 1. The van der Waals surface area contributed by atoms with Crippen LogP contribution in [0.2, 0.25) is 0 Å². The van der Waals surface area contributed by atoms with E-state index in [1.54, 1.807) is 7.11 Å². The zero-order valence-electron chi connectivity index (χ0n) is 15.3. The number of nitrogens with zero attached hydrogens (tertiary/aromatic N) is 2. The Balaban J connectivity index is 0.00000529. The molecule has 0 radical (unpaired) electrons. The number of aryl methyl sites for hydroxylation is 1. The molecule has 0 unspecified atom stereocenters. The molecule has 0 heterocycles. The van der Waals surface area contributed by atoms with Crippen molar-refractivity contribution in [2.24, 2.45) is 4.99 Å². The van der Waals surface area contributed by atoms with E-state index in [0.29, 0.717) is 0 Å². The average molecular weight is 448 g/mol. The van der Waals surface area contributed by atoms with Crippen LogP contribution in [-0.2, 0) is 11.2 Å². The van der Waals surface area contributed by atoms with Crippen LogP contribution in [0.25, 0.3) is 0 Å². The third-order valence-corrected chi connectivity index (χ3v) is 3.69. The van der Waals surface area contributed by atoms with E-state index in [1.807, 2.05) is 7.05 Å². The summed E-state index contributed by atoms with van der Waals surface area (Å²) in [7, 11) is 5.68. The fourth-order valence-corrected chi connectivity index (χ4v) is 2.28. The van der Waals surface area contributed by atoms with E-state index in [2.05, 4.69) is 57.9 Å². The van der Waals surface area contributed by atoms with Crippen LogP contribution in [0.15, 0.2) is 35.3 Å². The number of ether oxygens (including phenoxy) is 1. The van der Waals surface area contributed by atoms with Gasteiger partial charge in [0.05, 0.1) is 6.61 Å². The summed E-state index contributed by atoms with van der Waals surface area (Å²) in [6.07, 6.45) is 3.28. The SMILES string of the molecule is CN=C(NCCCc1ccccc1)NCCCN(C)CCOC.I. The van der Waals surface area contributed by atoms with Crippen molar-refractivity contribution in [1.82, 2.24) is 15.5 Å². The molecular weight excluding hydrogens is 415 g/mol. The van der Waals surface area contributed by atoms with Gasteiger partial charge >= 0.3 is 0 Å². The van der Waals surface area contributed by atoms with Gasteiger partial charge < -0.3 is 20.3 Å². The average Bonchev–Trinajstić information content (AvgIpc) is 2.59. The molecule has 2 N–H and O–H groups in total. The highest BCUT2D eigenvalue weighted by molar-refractivity contribution is 14.0. The van der Waals surface area contributed by atoms with Crippen LogP contribution in [0.5, 0.6) is 0 Å². The minimum Gasteiger partial charge on any atom is -0.383 e. The third kappa shape index (κ3) is 11.6. The van der Waals surface area contributed by atoms with Crippen molar-refractivity contribution in [3.63, 3.8) is 0 Å². The Morgan fingerprint density at radius 2 is 1.75 bits per heavy atom. The largest absolute Gasteiger partial charge is 0.383 e. The number of rotatable bonds is 11. The van der Waals surface area contributed by atoms with E-state index >= 15 is 0 Å². The molecule has 0 fully saturated rings. The summed E-state index contributed by atoms with van der Waals surface area (Å²) in [5, 5.41) is 6.73. The Bertz CT molecular complexity index is 428. The fraction of sp³-hybridized carbons (Fsp3) is 0.611. The molecule has 1 aromatic rings. The van der Waals surface area contributed by atoms with Crippen LogP contribution in [-0.4, -0.2) is 64.9 Å². The first-order valence-electron chi connectivity index (χ1n) is 8.42. The van der Waals surface area contributed by atoms with Crippen molar-refractivity contribution in [1.29, 1.82) is 0 Å². The quantitative estimate of drug-likeness (QED) is 0.236. The van der Waals surface area contributed by atoms with Gasteiger partial charge in [-0.05, 0) is 38.4 Å². The molecular formula is C18H33IN4O. The van der Waals surface area contributed by atoms with Crippen molar-refractivity contribution in [3.05, 3.63) is 35.9 Å². The Morgan fingerprint density at radius 3 is 2.38 bits per heavy atom. The Labute approximate surface area is 164 Å². The first-order chi connectivity index (χ1) is 11.3. The molecule has 0 aliphatic carbocycles. The lowest BCUT2D eigenvalue weighted by molar-refractivity contribution is 0.161. The van der Waals surface area contributed by atoms with Crippen LogP contribution < -0.4 is 10.6 Å². The van der Waals surface area contributed by atoms with E-state index in [-0.39, 0.29) is 24.0 Å². The van der Waals surface area contributed by atoms with E-state index in [0.717, 1.165) is 58.0 Å². The van der Waals surface area contributed by atoms with Gasteiger partial charge in [-0.1, -0.05) is 30.3 Å². The maximum Gasteiger partial charge on any atom is 0.190 e. The van der Waals surface area contributed by atoms with Crippen molar-refractivity contribution in [3.8, 4) is 0 Å². The lowest BCUT2D eigenvalue weighted by Gasteiger charge is -2.17. The predicted octanol–water partition coefficient (Wildman–Crippen LogP) is 2.37. The van der Waals surface area contributed by atoms with Crippen molar-refractivity contribution >= 4 is 29.9 Å². The van der Waals surface area contributed by atoms with Gasteiger partial charge in [0.25, 0.3) is 0 Å². The molecule has 0 aliphatic rings. The zero-order valence-corrected chi connectivity index (χ0v) is 17.6. The molecule has 0 amide bonds.